The number of phosphoric acid groups is 1. The Kier molecular flexibility index (Phi) is 39.8. The molecule has 7 atom stereocenters. The summed E-state index contributed by atoms with van der Waals surface area (Å²) >= 11 is 0. The number of phosphoric ester groups is 1. The predicted molar refractivity (Wildman–Crippen MR) is 265 cm³/mol. The fraction of sp³-hybridized carbons (Fsp3) is 0.942. The van der Waals surface area contributed by atoms with Crippen molar-refractivity contribution in [1.29, 1.82) is 0 Å². The first-order valence-corrected chi connectivity index (χ1v) is 28.9. The van der Waals surface area contributed by atoms with E-state index < -0.39 is 75.1 Å². The molecule has 0 spiro atoms. The van der Waals surface area contributed by atoms with Gasteiger partial charge in [0, 0.05) is 6.42 Å². The lowest BCUT2D eigenvalue weighted by molar-refractivity contribution is -0.256. The summed E-state index contributed by atoms with van der Waals surface area (Å²) in [6.45, 7) is 5.77. The highest BCUT2D eigenvalue weighted by atomic mass is 31.2. The molecule has 0 radical (unpaired) electrons. The lowest BCUT2D eigenvalue weighted by Gasteiger charge is -2.43. The van der Waals surface area contributed by atoms with Gasteiger partial charge in [0.1, 0.15) is 24.4 Å². The van der Waals surface area contributed by atoms with Crippen molar-refractivity contribution in [3.8, 4) is 0 Å². The maximum Gasteiger partial charge on any atom is 0.470 e. The van der Waals surface area contributed by atoms with Gasteiger partial charge in [-0.15, -0.1) is 0 Å². The van der Waals surface area contributed by atoms with Crippen LogP contribution in [0.25, 0.3) is 0 Å². The number of hydrogen-bond donors (Lipinski definition) is 6. The quantitative estimate of drug-likeness (QED) is 0.0190. The second-order valence-electron chi connectivity index (χ2n) is 19.5. The number of unbranched alkanes of at least 4 members (excludes halogenated alkanes) is 30. The third-order valence-corrected chi connectivity index (χ3v) is 13.6. The SMILES string of the molecule is CCCCCCCCCCCCCCCC(=O)OC(CCCCCCCCCCCCC)CC(=O)O[C@H]1[C@H](OP(=O)(O)O)[C@@H](CO)OC(O)[C@@H]1NC(=O)CC(O)CCCCCCCCCCC. The van der Waals surface area contributed by atoms with Gasteiger partial charge in [0.2, 0.25) is 5.91 Å². The summed E-state index contributed by atoms with van der Waals surface area (Å²) < 4.78 is 34.2. The van der Waals surface area contributed by atoms with E-state index in [9.17, 15) is 44.1 Å². The molecule has 0 saturated carbocycles. The highest BCUT2D eigenvalue weighted by Gasteiger charge is 2.51. The summed E-state index contributed by atoms with van der Waals surface area (Å²) in [6.07, 6.45) is 29.0. The number of amides is 1. The molecule has 6 N–H and O–H groups in total. The lowest BCUT2D eigenvalue weighted by Crippen LogP contribution is -2.65. The van der Waals surface area contributed by atoms with Gasteiger partial charge in [0.15, 0.2) is 12.4 Å². The van der Waals surface area contributed by atoms with Gasteiger partial charge in [0.05, 0.1) is 25.6 Å². The summed E-state index contributed by atoms with van der Waals surface area (Å²) in [5.74, 6) is -2.05. The van der Waals surface area contributed by atoms with E-state index in [-0.39, 0.29) is 19.3 Å². The molecule has 0 aromatic carbocycles. The second-order valence-corrected chi connectivity index (χ2v) is 20.7. The molecule has 1 aliphatic heterocycles. The van der Waals surface area contributed by atoms with Crippen LogP contribution in [0.2, 0.25) is 0 Å². The zero-order valence-electron chi connectivity index (χ0n) is 42.6. The minimum atomic E-state index is -5.29. The van der Waals surface area contributed by atoms with Crippen molar-refractivity contribution in [2.24, 2.45) is 0 Å². The molecule has 1 rings (SSSR count). The average Bonchev–Trinajstić information content (AvgIpc) is 3.28. The number of rotatable bonds is 46. The van der Waals surface area contributed by atoms with Crippen LogP contribution in [0.3, 0.4) is 0 Å². The molecule has 3 unspecified atom stereocenters. The molecule has 67 heavy (non-hydrogen) atoms. The third-order valence-electron chi connectivity index (χ3n) is 13.1. The number of carbonyl (C=O) groups is 3. The number of nitrogens with one attached hydrogen (secondary N) is 1. The minimum absolute atomic E-state index is 0.211. The lowest BCUT2D eigenvalue weighted by atomic mass is 9.96. The average molecular weight is 978 g/mol. The standard InChI is InChI=1S/C52H100NO13P/c1-4-7-10-13-16-19-21-22-24-27-30-33-36-39-47(57)63-44(38-35-32-29-26-23-20-17-14-11-8-5-2)41-48(58)65-51-49(52(59)64-45(42-54)50(51)66-67(60,61)62)53-46(56)40-43(55)37-34-31-28-25-18-15-12-9-6-3/h43-45,49-52,54-55,59H,4-42H2,1-3H3,(H,53,56)(H2,60,61,62)/t43?,44?,45-,49-,50-,51-,52?/m1/s1. The summed E-state index contributed by atoms with van der Waals surface area (Å²) in [4.78, 5) is 59.8. The van der Waals surface area contributed by atoms with E-state index in [0.29, 0.717) is 25.7 Å². The number of esters is 2. The van der Waals surface area contributed by atoms with E-state index in [1.54, 1.807) is 0 Å². The van der Waals surface area contributed by atoms with Gasteiger partial charge < -0.3 is 44.6 Å². The molecule has 14 nitrogen and oxygen atoms in total. The van der Waals surface area contributed by atoms with Crippen LogP contribution in [0.4, 0.5) is 0 Å². The van der Waals surface area contributed by atoms with Crippen molar-refractivity contribution in [2.45, 2.75) is 308 Å². The van der Waals surface area contributed by atoms with Gasteiger partial charge in [-0.1, -0.05) is 220 Å². The Morgan fingerprint density at radius 1 is 0.567 bits per heavy atom. The largest absolute Gasteiger partial charge is 0.470 e. The Morgan fingerprint density at radius 2 is 0.970 bits per heavy atom. The Bertz CT molecular complexity index is 1250. The molecule has 0 bridgehead atoms. The number of carbonyl (C=O) groups excluding carboxylic acids is 3. The minimum Gasteiger partial charge on any atom is -0.462 e. The third kappa shape index (κ3) is 35.2. The smallest absolute Gasteiger partial charge is 0.462 e. The molecular formula is C52H100NO13P. The van der Waals surface area contributed by atoms with E-state index in [1.165, 1.54) is 128 Å². The van der Waals surface area contributed by atoms with Gasteiger partial charge in [-0.2, -0.15) is 0 Å². The Labute approximate surface area is 406 Å². The van der Waals surface area contributed by atoms with E-state index in [2.05, 4.69) is 26.1 Å². The first-order valence-electron chi connectivity index (χ1n) is 27.4. The normalized spacial score (nSPS) is 19.6. The molecule has 396 valence electrons. The van der Waals surface area contributed by atoms with Crippen LogP contribution in [0.5, 0.6) is 0 Å². The van der Waals surface area contributed by atoms with Crippen LogP contribution in [-0.2, 0) is 37.7 Å². The van der Waals surface area contributed by atoms with Crippen LogP contribution in [0, 0.1) is 0 Å². The molecule has 0 aliphatic carbocycles. The van der Waals surface area contributed by atoms with Gasteiger partial charge >= 0.3 is 19.8 Å². The number of hydrogen-bond acceptors (Lipinski definition) is 11. The zero-order valence-corrected chi connectivity index (χ0v) is 43.5. The number of ether oxygens (including phenoxy) is 3. The Balaban J connectivity index is 2.91. The van der Waals surface area contributed by atoms with Gasteiger partial charge in [-0.25, -0.2) is 4.57 Å². The Morgan fingerprint density at radius 3 is 1.39 bits per heavy atom. The maximum atomic E-state index is 13.8. The molecule has 1 fully saturated rings. The predicted octanol–water partition coefficient (Wildman–Crippen LogP) is 11.7. The van der Waals surface area contributed by atoms with Gasteiger partial charge in [-0.05, 0) is 25.7 Å². The second kappa shape index (κ2) is 42.1. The van der Waals surface area contributed by atoms with Gasteiger partial charge in [-0.3, -0.25) is 18.9 Å². The highest BCUT2D eigenvalue weighted by molar-refractivity contribution is 7.46. The van der Waals surface area contributed by atoms with Crippen LogP contribution in [-0.4, -0.2) is 92.4 Å². The van der Waals surface area contributed by atoms with Crippen LogP contribution in [0.1, 0.15) is 265 Å². The van der Waals surface area contributed by atoms with Crippen molar-refractivity contribution >= 4 is 25.7 Å². The molecule has 0 aromatic heterocycles. The fourth-order valence-corrected chi connectivity index (χ4v) is 9.63. The molecule has 1 amide bonds. The summed E-state index contributed by atoms with van der Waals surface area (Å²) in [7, 11) is -5.29. The van der Waals surface area contributed by atoms with Crippen molar-refractivity contribution in [2.75, 3.05) is 6.61 Å². The monoisotopic (exact) mass is 978 g/mol. The highest BCUT2D eigenvalue weighted by Crippen LogP contribution is 2.42. The van der Waals surface area contributed by atoms with Crippen molar-refractivity contribution in [1.82, 2.24) is 5.32 Å². The zero-order chi connectivity index (χ0) is 49.4. The molecular weight excluding hydrogens is 878 g/mol. The molecule has 1 heterocycles. The first kappa shape index (κ1) is 63.4. The molecule has 15 heteroatoms. The van der Waals surface area contributed by atoms with E-state index >= 15 is 0 Å². The summed E-state index contributed by atoms with van der Waals surface area (Å²) in [5.41, 5.74) is 0. The van der Waals surface area contributed by atoms with Crippen LogP contribution >= 0.6 is 7.82 Å². The maximum absolute atomic E-state index is 13.8. The number of aliphatic hydroxyl groups is 3. The van der Waals surface area contributed by atoms with Gasteiger partial charge in [0.25, 0.3) is 0 Å². The van der Waals surface area contributed by atoms with Crippen molar-refractivity contribution in [3.05, 3.63) is 0 Å². The summed E-state index contributed by atoms with van der Waals surface area (Å²) in [5, 5.41) is 34.3. The van der Waals surface area contributed by atoms with E-state index in [4.69, 9.17) is 18.7 Å². The molecule has 1 aliphatic rings. The van der Waals surface area contributed by atoms with Crippen molar-refractivity contribution < 1.29 is 62.8 Å². The van der Waals surface area contributed by atoms with Crippen LogP contribution in [0.15, 0.2) is 0 Å². The molecule has 1 saturated heterocycles. The molecule has 0 aromatic rings. The van der Waals surface area contributed by atoms with E-state index in [1.807, 2.05) is 0 Å². The van der Waals surface area contributed by atoms with Crippen molar-refractivity contribution in [3.63, 3.8) is 0 Å². The summed E-state index contributed by atoms with van der Waals surface area (Å²) in [6, 6.07) is -1.58. The Hall–Kier alpha value is -1.64. The topological polar surface area (TPSA) is 218 Å². The first-order chi connectivity index (χ1) is 32.3. The van der Waals surface area contributed by atoms with Crippen LogP contribution < -0.4 is 5.32 Å². The van der Waals surface area contributed by atoms with E-state index in [0.717, 1.165) is 70.6 Å². The number of aliphatic hydroxyl groups excluding tert-OH is 3. The fourth-order valence-electron chi connectivity index (χ4n) is 9.05.